The molecule has 0 radical (unpaired) electrons. The third-order valence-corrected chi connectivity index (χ3v) is 6.90. The highest BCUT2D eigenvalue weighted by atomic mass is 35.5. The molecule has 9 nitrogen and oxygen atoms in total. The fourth-order valence-electron chi connectivity index (χ4n) is 4.20. The Bertz CT molecular complexity index is 1660. The van der Waals surface area contributed by atoms with Gasteiger partial charge in [0.2, 0.25) is 0 Å². The van der Waals surface area contributed by atoms with E-state index in [1.165, 1.54) is 7.05 Å². The number of rotatable bonds is 5. The van der Waals surface area contributed by atoms with Crippen LogP contribution >= 0.6 is 23.5 Å². The SMILES string of the molecule is CC(c1ccc(SN)cc1)n1c(=O)n(C)c(=O)c2c1nc(-c1ccnn1C)n2-c1ccc(Cl)cc1. The number of aryl methyl sites for hydroxylation is 1. The van der Waals surface area contributed by atoms with Crippen LogP contribution in [-0.2, 0) is 14.1 Å². The number of hydrogen-bond acceptors (Lipinski definition) is 6. The summed E-state index contributed by atoms with van der Waals surface area (Å²) in [6.45, 7) is 1.90. The summed E-state index contributed by atoms with van der Waals surface area (Å²) >= 11 is 7.28. The van der Waals surface area contributed by atoms with Crippen LogP contribution in [0.1, 0.15) is 18.5 Å². The predicted molar refractivity (Wildman–Crippen MR) is 138 cm³/mol. The summed E-state index contributed by atoms with van der Waals surface area (Å²) in [5, 5.41) is 10.5. The van der Waals surface area contributed by atoms with E-state index in [0.717, 1.165) is 27.0 Å². The molecule has 3 heterocycles. The first-order valence-electron chi connectivity index (χ1n) is 10.8. The lowest BCUT2D eigenvalue weighted by atomic mass is 10.1. The maximum absolute atomic E-state index is 13.5. The predicted octanol–water partition coefficient (Wildman–Crippen LogP) is 3.51. The first-order valence-corrected chi connectivity index (χ1v) is 12.0. The quantitative estimate of drug-likeness (QED) is 0.365. The van der Waals surface area contributed by atoms with Gasteiger partial charge in [-0.25, -0.2) is 9.78 Å². The molecule has 11 heteroatoms. The van der Waals surface area contributed by atoms with E-state index in [4.69, 9.17) is 21.7 Å². The summed E-state index contributed by atoms with van der Waals surface area (Å²) < 4.78 is 6.09. The number of hydrogen-bond donors (Lipinski definition) is 1. The maximum atomic E-state index is 13.5. The Labute approximate surface area is 209 Å². The van der Waals surface area contributed by atoms with Crippen LogP contribution in [0.4, 0.5) is 0 Å². The lowest BCUT2D eigenvalue weighted by Crippen LogP contribution is -2.40. The van der Waals surface area contributed by atoms with E-state index in [2.05, 4.69) is 5.10 Å². The molecule has 1 unspecified atom stereocenters. The molecule has 0 aliphatic heterocycles. The van der Waals surface area contributed by atoms with E-state index < -0.39 is 17.3 Å². The lowest BCUT2D eigenvalue weighted by Gasteiger charge is -2.17. The van der Waals surface area contributed by atoms with Gasteiger partial charge in [-0.3, -0.25) is 28.3 Å². The average Bonchev–Trinajstić information content (AvgIpc) is 3.46. The molecule has 1 atom stereocenters. The summed E-state index contributed by atoms with van der Waals surface area (Å²) in [7, 11) is 3.27. The van der Waals surface area contributed by atoms with E-state index in [1.807, 2.05) is 49.4 Å². The lowest BCUT2D eigenvalue weighted by molar-refractivity contribution is 0.579. The third kappa shape index (κ3) is 3.79. The van der Waals surface area contributed by atoms with Gasteiger partial charge in [-0.1, -0.05) is 23.7 Å². The summed E-state index contributed by atoms with van der Waals surface area (Å²) in [6, 6.07) is 16.2. The van der Waals surface area contributed by atoms with Gasteiger partial charge in [0.1, 0.15) is 5.69 Å². The molecule has 3 aromatic heterocycles. The monoisotopic (exact) mass is 507 g/mol. The van der Waals surface area contributed by atoms with Gasteiger partial charge in [0.15, 0.2) is 17.0 Å². The van der Waals surface area contributed by atoms with Crippen molar-refractivity contribution in [2.75, 3.05) is 0 Å². The van der Waals surface area contributed by atoms with Crippen molar-refractivity contribution < 1.29 is 0 Å². The van der Waals surface area contributed by atoms with Crippen molar-refractivity contribution in [2.45, 2.75) is 17.9 Å². The van der Waals surface area contributed by atoms with Crippen LogP contribution in [-0.4, -0.2) is 28.5 Å². The number of aromatic nitrogens is 6. The second-order valence-corrected chi connectivity index (χ2v) is 9.28. The van der Waals surface area contributed by atoms with Crippen molar-refractivity contribution in [3.8, 4) is 17.2 Å². The first-order chi connectivity index (χ1) is 16.8. The zero-order valence-corrected chi connectivity index (χ0v) is 20.8. The fraction of sp³-hybridized carbons (Fsp3) is 0.167. The van der Waals surface area contributed by atoms with Crippen molar-refractivity contribution in [2.24, 2.45) is 19.2 Å². The second kappa shape index (κ2) is 8.88. The number of benzene rings is 2. The number of nitrogens with two attached hydrogens (primary N) is 1. The summed E-state index contributed by atoms with van der Waals surface area (Å²) in [5.41, 5.74) is 1.93. The van der Waals surface area contributed by atoms with Gasteiger partial charge in [0, 0.05) is 35.9 Å². The van der Waals surface area contributed by atoms with Crippen LogP contribution < -0.4 is 16.4 Å². The summed E-state index contributed by atoms with van der Waals surface area (Å²) in [5.74, 6) is 0.487. The second-order valence-electron chi connectivity index (χ2n) is 8.14. The molecule has 2 aromatic carbocycles. The Morgan fingerprint density at radius 2 is 1.69 bits per heavy atom. The molecule has 0 aliphatic carbocycles. The van der Waals surface area contributed by atoms with Gasteiger partial charge in [-0.2, -0.15) is 5.10 Å². The van der Waals surface area contributed by atoms with E-state index in [-0.39, 0.29) is 11.2 Å². The minimum absolute atomic E-state index is 0.284. The van der Waals surface area contributed by atoms with Crippen molar-refractivity contribution in [1.29, 1.82) is 0 Å². The molecule has 0 spiro atoms. The van der Waals surface area contributed by atoms with Gasteiger partial charge in [0.25, 0.3) is 5.56 Å². The standard InChI is InChI=1S/C24H22ClN7O2S/c1-14(15-4-10-18(35-26)11-5-15)31-22-20(23(33)29(2)24(31)34)32(17-8-6-16(25)7-9-17)21(28-22)19-12-13-27-30(19)3/h4-14H,26H2,1-3H3. The minimum Gasteiger partial charge on any atom is -0.285 e. The van der Waals surface area contributed by atoms with E-state index >= 15 is 0 Å². The van der Waals surface area contributed by atoms with Crippen LogP contribution in [0.5, 0.6) is 0 Å². The Kier molecular flexibility index (Phi) is 5.87. The maximum Gasteiger partial charge on any atom is 0.333 e. The van der Waals surface area contributed by atoms with Gasteiger partial charge < -0.3 is 0 Å². The minimum atomic E-state index is -0.454. The molecule has 5 rings (SSSR count). The molecular weight excluding hydrogens is 486 g/mol. The Morgan fingerprint density at radius 3 is 2.29 bits per heavy atom. The van der Waals surface area contributed by atoms with E-state index in [0.29, 0.717) is 22.2 Å². The highest BCUT2D eigenvalue weighted by Gasteiger charge is 2.26. The number of nitrogens with zero attached hydrogens (tertiary/aromatic N) is 6. The van der Waals surface area contributed by atoms with Crippen LogP contribution in [0.3, 0.4) is 0 Å². The van der Waals surface area contributed by atoms with Gasteiger partial charge in [-0.15, -0.1) is 0 Å². The summed E-state index contributed by atoms with van der Waals surface area (Å²) in [4.78, 5) is 32.7. The fourth-order valence-corrected chi connectivity index (χ4v) is 4.62. The Morgan fingerprint density at radius 1 is 1.00 bits per heavy atom. The topological polar surface area (TPSA) is 106 Å². The molecule has 5 aromatic rings. The molecule has 178 valence electrons. The van der Waals surface area contributed by atoms with Crippen LogP contribution in [0.25, 0.3) is 28.4 Å². The van der Waals surface area contributed by atoms with Crippen molar-refractivity contribution in [1.82, 2.24) is 28.5 Å². The van der Waals surface area contributed by atoms with Crippen LogP contribution in [0, 0.1) is 0 Å². The van der Waals surface area contributed by atoms with Crippen molar-refractivity contribution >= 4 is 34.7 Å². The van der Waals surface area contributed by atoms with Gasteiger partial charge >= 0.3 is 5.69 Å². The number of imidazole rings is 1. The highest BCUT2D eigenvalue weighted by Crippen LogP contribution is 2.29. The Balaban J connectivity index is 1.88. The molecule has 35 heavy (non-hydrogen) atoms. The van der Waals surface area contributed by atoms with E-state index in [9.17, 15) is 9.59 Å². The highest BCUT2D eigenvalue weighted by molar-refractivity contribution is 7.97. The molecule has 0 amide bonds. The van der Waals surface area contributed by atoms with Gasteiger partial charge in [-0.05, 0) is 66.9 Å². The number of halogens is 1. The molecular formula is C24H22ClN7O2S. The Hall–Kier alpha value is -3.60. The first kappa shape index (κ1) is 23.2. The average molecular weight is 508 g/mol. The zero-order valence-electron chi connectivity index (χ0n) is 19.2. The summed E-state index contributed by atoms with van der Waals surface area (Å²) in [6.07, 6.45) is 1.66. The molecule has 2 N–H and O–H groups in total. The van der Waals surface area contributed by atoms with E-state index in [1.54, 1.807) is 39.2 Å². The molecule has 0 aliphatic rings. The van der Waals surface area contributed by atoms with Gasteiger partial charge in [0.05, 0.1) is 6.04 Å². The third-order valence-electron chi connectivity index (χ3n) is 6.11. The smallest absolute Gasteiger partial charge is 0.285 e. The molecule has 0 bridgehead atoms. The molecule has 0 saturated heterocycles. The van der Waals surface area contributed by atoms with Crippen LogP contribution in [0.15, 0.2) is 75.3 Å². The zero-order chi connectivity index (χ0) is 24.9. The number of fused-ring (bicyclic) bond motifs is 1. The largest absolute Gasteiger partial charge is 0.333 e. The van der Waals surface area contributed by atoms with Crippen molar-refractivity contribution in [3.05, 3.63) is 92.2 Å². The van der Waals surface area contributed by atoms with Crippen molar-refractivity contribution in [3.63, 3.8) is 0 Å². The normalized spacial score (nSPS) is 12.4. The molecule has 0 saturated carbocycles. The van der Waals surface area contributed by atoms with Crippen LogP contribution in [0.2, 0.25) is 5.02 Å². The molecule has 0 fully saturated rings.